The second kappa shape index (κ2) is 5.13. The quantitative estimate of drug-likeness (QED) is 0.532. The Morgan fingerprint density at radius 2 is 1.50 bits per heavy atom. The van der Waals surface area contributed by atoms with Crippen molar-refractivity contribution in [3.63, 3.8) is 0 Å². The van der Waals surface area contributed by atoms with Gasteiger partial charge in [0.1, 0.15) is 0 Å². The number of hydrogen-bond donors (Lipinski definition) is 2. The fourth-order valence-electron chi connectivity index (χ4n) is 0.937. The van der Waals surface area contributed by atoms with E-state index in [1.165, 1.54) is 0 Å². The first kappa shape index (κ1) is 14.7. The van der Waals surface area contributed by atoms with E-state index in [4.69, 9.17) is 10.2 Å². The summed E-state index contributed by atoms with van der Waals surface area (Å²) in [4.78, 5) is 19.9. The van der Waals surface area contributed by atoms with E-state index >= 15 is 0 Å². The van der Waals surface area contributed by atoms with Gasteiger partial charge in [0.05, 0.1) is 0 Å². The Labute approximate surface area is 87.9 Å². The first-order chi connectivity index (χ1) is 7.11. The summed E-state index contributed by atoms with van der Waals surface area (Å²) in [6, 6.07) is 0. The van der Waals surface area contributed by atoms with Crippen LogP contribution in [-0.4, -0.2) is 34.0 Å². The number of carboxylic acids is 2. The van der Waals surface area contributed by atoms with Gasteiger partial charge in [-0.25, -0.2) is 4.79 Å². The van der Waals surface area contributed by atoms with Crippen LogP contribution in [0.1, 0.15) is 25.7 Å². The number of aliphatic carboxylic acids is 2. The molecule has 0 amide bonds. The molecular weight excluding hydrogens is 236 g/mol. The third-order valence-corrected chi connectivity index (χ3v) is 1.86. The van der Waals surface area contributed by atoms with Crippen molar-refractivity contribution >= 4 is 11.9 Å². The molecule has 0 saturated carbocycles. The Morgan fingerprint density at radius 3 is 1.88 bits per heavy atom. The van der Waals surface area contributed by atoms with E-state index in [0.29, 0.717) is 0 Å². The molecule has 0 unspecified atom stereocenters. The van der Waals surface area contributed by atoms with Crippen molar-refractivity contribution in [2.45, 2.75) is 37.5 Å². The smallest absolute Gasteiger partial charge is 0.404 e. The number of alkyl halides is 4. The van der Waals surface area contributed by atoms with Crippen molar-refractivity contribution < 1.29 is 37.4 Å². The van der Waals surface area contributed by atoms with Gasteiger partial charge in [-0.3, -0.25) is 4.79 Å². The van der Waals surface area contributed by atoms with Gasteiger partial charge in [-0.05, 0) is 12.8 Å². The molecule has 0 atom stereocenters. The average Bonchev–Trinajstić information content (AvgIpc) is 2.11. The van der Waals surface area contributed by atoms with Gasteiger partial charge >= 0.3 is 23.8 Å². The number of hydrogen-bond acceptors (Lipinski definition) is 2. The molecular formula is C8H10F4O4. The SMILES string of the molecule is O=C(O)CCCCC(F)(F)C(F)(F)C(=O)O. The summed E-state index contributed by atoms with van der Waals surface area (Å²) < 4.78 is 50.3. The zero-order valence-corrected chi connectivity index (χ0v) is 8.05. The Hall–Kier alpha value is -1.34. The molecule has 0 radical (unpaired) electrons. The molecule has 0 fully saturated rings. The van der Waals surface area contributed by atoms with Crippen molar-refractivity contribution in [3.8, 4) is 0 Å². The lowest BCUT2D eigenvalue weighted by Crippen LogP contribution is -2.47. The third-order valence-electron chi connectivity index (χ3n) is 1.86. The maximum atomic E-state index is 12.7. The lowest BCUT2D eigenvalue weighted by atomic mass is 10.0. The molecule has 8 heteroatoms. The molecule has 2 N–H and O–H groups in total. The van der Waals surface area contributed by atoms with Crippen LogP contribution in [-0.2, 0) is 9.59 Å². The van der Waals surface area contributed by atoms with Crippen molar-refractivity contribution in [3.05, 3.63) is 0 Å². The summed E-state index contributed by atoms with van der Waals surface area (Å²) >= 11 is 0. The second-order valence-electron chi connectivity index (χ2n) is 3.18. The molecule has 0 aliphatic rings. The fraction of sp³-hybridized carbons (Fsp3) is 0.750. The molecule has 16 heavy (non-hydrogen) atoms. The zero-order chi connectivity index (χ0) is 13.0. The minimum absolute atomic E-state index is 0.208. The fourth-order valence-corrected chi connectivity index (χ4v) is 0.937. The predicted molar refractivity (Wildman–Crippen MR) is 43.6 cm³/mol. The molecule has 0 spiro atoms. The highest BCUT2D eigenvalue weighted by Gasteiger charge is 2.61. The largest absolute Gasteiger partial charge is 0.481 e. The highest BCUT2D eigenvalue weighted by Crippen LogP contribution is 2.38. The number of carboxylic acid groups (broad SMARTS) is 2. The molecule has 0 heterocycles. The van der Waals surface area contributed by atoms with E-state index in [-0.39, 0.29) is 6.42 Å². The van der Waals surface area contributed by atoms with Crippen LogP contribution in [0.25, 0.3) is 0 Å². The summed E-state index contributed by atoms with van der Waals surface area (Å²) in [5, 5.41) is 16.1. The lowest BCUT2D eigenvalue weighted by molar-refractivity contribution is -0.226. The van der Waals surface area contributed by atoms with Gasteiger partial charge in [-0.1, -0.05) is 0 Å². The van der Waals surface area contributed by atoms with Crippen LogP contribution in [0.5, 0.6) is 0 Å². The standard InChI is InChI=1S/C8H10F4O4/c9-7(10,8(11,12)6(15)16)4-2-1-3-5(13)14/h1-4H2,(H,13,14)(H,15,16). The molecule has 0 aromatic rings. The molecule has 0 aromatic carbocycles. The topological polar surface area (TPSA) is 74.6 Å². The molecule has 94 valence electrons. The Morgan fingerprint density at radius 1 is 1.00 bits per heavy atom. The van der Waals surface area contributed by atoms with Gasteiger partial charge in [0.25, 0.3) is 0 Å². The zero-order valence-electron chi connectivity index (χ0n) is 8.05. The summed E-state index contributed by atoms with van der Waals surface area (Å²) in [5.74, 6) is -13.9. The van der Waals surface area contributed by atoms with E-state index in [0.717, 1.165) is 0 Å². The van der Waals surface area contributed by atoms with Gasteiger partial charge in [-0.2, -0.15) is 17.6 Å². The molecule has 0 saturated heterocycles. The summed E-state index contributed by atoms with van der Waals surface area (Å²) in [6.07, 6.45) is -2.48. The second-order valence-corrected chi connectivity index (χ2v) is 3.18. The monoisotopic (exact) mass is 246 g/mol. The van der Waals surface area contributed by atoms with Crippen molar-refractivity contribution in [1.82, 2.24) is 0 Å². The van der Waals surface area contributed by atoms with E-state index in [9.17, 15) is 27.2 Å². The van der Waals surface area contributed by atoms with E-state index < -0.39 is 43.0 Å². The highest BCUT2D eigenvalue weighted by molar-refractivity contribution is 5.76. The first-order valence-corrected chi connectivity index (χ1v) is 4.32. The van der Waals surface area contributed by atoms with Crippen LogP contribution in [0.2, 0.25) is 0 Å². The Kier molecular flexibility index (Phi) is 4.70. The molecule has 0 aromatic heterocycles. The molecule has 0 rings (SSSR count). The van der Waals surface area contributed by atoms with Gasteiger partial charge in [0.2, 0.25) is 0 Å². The average molecular weight is 246 g/mol. The van der Waals surface area contributed by atoms with Gasteiger partial charge < -0.3 is 10.2 Å². The first-order valence-electron chi connectivity index (χ1n) is 4.32. The van der Waals surface area contributed by atoms with Crippen LogP contribution >= 0.6 is 0 Å². The van der Waals surface area contributed by atoms with E-state index in [1.807, 2.05) is 0 Å². The molecule has 0 aliphatic heterocycles. The predicted octanol–water partition coefficient (Wildman–Crippen LogP) is 1.99. The number of halogens is 4. The number of rotatable bonds is 7. The van der Waals surface area contributed by atoms with Crippen LogP contribution in [0.15, 0.2) is 0 Å². The van der Waals surface area contributed by atoms with Crippen molar-refractivity contribution in [2.75, 3.05) is 0 Å². The summed E-state index contributed by atoms with van der Waals surface area (Å²) in [7, 11) is 0. The number of carbonyl (C=O) groups is 2. The minimum atomic E-state index is -5.13. The van der Waals surface area contributed by atoms with Crippen LogP contribution in [0.3, 0.4) is 0 Å². The minimum Gasteiger partial charge on any atom is -0.481 e. The van der Waals surface area contributed by atoms with Crippen LogP contribution in [0, 0.1) is 0 Å². The van der Waals surface area contributed by atoms with Gasteiger partial charge in [0, 0.05) is 12.8 Å². The number of unbranched alkanes of at least 4 members (excludes halogenated alkanes) is 1. The van der Waals surface area contributed by atoms with Crippen molar-refractivity contribution in [2.24, 2.45) is 0 Å². The van der Waals surface area contributed by atoms with Gasteiger partial charge in [-0.15, -0.1) is 0 Å². The maximum Gasteiger partial charge on any atom is 0.404 e. The summed E-state index contributed by atoms with van der Waals surface area (Å²) in [6.45, 7) is 0. The lowest BCUT2D eigenvalue weighted by Gasteiger charge is -2.22. The Balaban J connectivity index is 4.24. The van der Waals surface area contributed by atoms with Crippen LogP contribution in [0.4, 0.5) is 17.6 Å². The normalized spacial score (nSPS) is 12.5. The van der Waals surface area contributed by atoms with E-state index in [1.54, 1.807) is 0 Å². The molecule has 4 nitrogen and oxygen atoms in total. The maximum absolute atomic E-state index is 12.7. The Bertz CT molecular complexity index is 277. The summed E-state index contributed by atoms with van der Waals surface area (Å²) in [5.41, 5.74) is 0. The van der Waals surface area contributed by atoms with Crippen LogP contribution < -0.4 is 0 Å². The molecule has 0 bridgehead atoms. The van der Waals surface area contributed by atoms with Crippen molar-refractivity contribution in [1.29, 1.82) is 0 Å². The molecule has 0 aliphatic carbocycles. The highest BCUT2D eigenvalue weighted by atomic mass is 19.3. The van der Waals surface area contributed by atoms with E-state index in [2.05, 4.69) is 0 Å². The van der Waals surface area contributed by atoms with Gasteiger partial charge in [0.15, 0.2) is 0 Å². The third kappa shape index (κ3) is 3.67.